The maximum absolute atomic E-state index is 13.2. The predicted molar refractivity (Wildman–Crippen MR) is 130 cm³/mol. The first-order valence-electron chi connectivity index (χ1n) is 11.4. The lowest BCUT2D eigenvalue weighted by Gasteiger charge is -2.22. The second kappa shape index (κ2) is 8.04. The number of carbonyl (C=O) groups excluding carboxylic acids is 2. The van der Waals surface area contributed by atoms with Gasteiger partial charge >= 0.3 is 6.03 Å². The van der Waals surface area contributed by atoms with Gasteiger partial charge in [-0.1, -0.05) is 30.3 Å². The van der Waals surface area contributed by atoms with Crippen molar-refractivity contribution in [3.05, 3.63) is 89.1 Å². The molecule has 0 spiro atoms. The second-order valence-corrected chi connectivity index (χ2v) is 8.79. The molecule has 0 radical (unpaired) electrons. The van der Waals surface area contributed by atoms with Crippen molar-refractivity contribution in [2.75, 3.05) is 11.4 Å². The summed E-state index contributed by atoms with van der Waals surface area (Å²) in [6.07, 6.45) is 3.92. The topological polar surface area (TPSA) is 100 Å². The molecule has 3 amide bonds. The Kier molecular flexibility index (Phi) is 4.85. The van der Waals surface area contributed by atoms with Crippen LogP contribution in [0, 0.1) is 0 Å². The number of hydrogen-bond acceptors (Lipinski definition) is 4. The van der Waals surface area contributed by atoms with Crippen molar-refractivity contribution in [3.8, 4) is 11.5 Å². The van der Waals surface area contributed by atoms with Gasteiger partial charge in [-0.15, -0.1) is 0 Å². The molecule has 0 aliphatic carbocycles. The predicted octanol–water partition coefficient (Wildman–Crippen LogP) is 4.03. The van der Waals surface area contributed by atoms with E-state index in [1.807, 2.05) is 48.7 Å². The molecule has 1 unspecified atom stereocenters. The molecule has 1 saturated heterocycles. The first-order valence-corrected chi connectivity index (χ1v) is 11.4. The van der Waals surface area contributed by atoms with Crippen molar-refractivity contribution >= 4 is 28.5 Å². The summed E-state index contributed by atoms with van der Waals surface area (Å²) in [4.78, 5) is 30.5. The van der Waals surface area contributed by atoms with Crippen molar-refractivity contribution in [1.29, 1.82) is 0 Å². The lowest BCUT2D eigenvalue weighted by atomic mass is 10.00. The van der Waals surface area contributed by atoms with E-state index in [4.69, 9.17) is 10.5 Å². The van der Waals surface area contributed by atoms with Crippen LogP contribution in [-0.4, -0.2) is 29.5 Å². The number of para-hydroxylation sites is 1. The van der Waals surface area contributed by atoms with E-state index in [1.165, 1.54) is 4.90 Å². The fourth-order valence-corrected chi connectivity index (χ4v) is 4.86. The fraction of sp³-hybridized carbons (Fsp3) is 0.185. The first kappa shape index (κ1) is 20.5. The standard InChI is InChI=1S/C27H24N4O3/c28-10-9-19-15-29-22-8-5-16(11-21(19)22)12-23-26(32)31(27(33)30-23)20-7-6-18-13-17-3-1-2-4-24(17)34-25(18)14-20/h1-8,11,14-15,23,29H,9-10,12-13,28H2,(H,30,33). The fourth-order valence-electron chi connectivity index (χ4n) is 4.86. The van der Waals surface area contributed by atoms with Gasteiger partial charge in [0.15, 0.2) is 0 Å². The number of aromatic nitrogens is 1. The number of hydrogen-bond donors (Lipinski definition) is 3. The van der Waals surface area contributed by atoms with Gasteiger partial charge in [0.2, 0.25) is 0 Å². The maximum Gasteiger partial charge on any atom is 0.329 e. The van der Waals surface area contributed by atoms with Crippen LogP contribution in [0.2, 0.25) is 0 Å². The van der Waals surface area contributed by atoms with E-state index in [9.17, 15) is 9.59 Å². The average molecular weight is 453 g/mol. The van der Waals surface area contributed by atoms with Gasteiger partial charge in [-0.2, -0.15) is 0 Å². The molecule has 2 aliphatic rings. The molecule has 170 valence electrons. The van der Waals surface area contributed by atoms with Crippen LogP contribution in [0.25, 0.3) is 10.9 Å². The Morgan fingerprint density at radius 2 is 1.85 bits per heavy atom. The molecule has 4 aromatic rings. The minimum Gasteiger partial charge on any atom is -0.457 e. The number of ether oxygens (including phenoxy) is 1. The smallest absolute Gasteiger partial charge is 0.329 e. The van der Waals surface area contributed by atoms with Crippen LogP contribution in [0.1, 0.15) is 22.3 Å². The average Bonchev–Trinajstić information content (AvgIpc) is 3.37. The molecule has 7 nitrogen and oxygen atoms in total. The summed E-state index contributed by atoms with van der Waals surface area (Å²) in [5, 5.41) is 3.95. The number of nitrogens with two attached hydrogens (primary N) is 1. The van der Waals surface area contributed by atoms with Gasteiger partial charge in [-0.3, -0.25) is 4.79 Å². The van der Waals surface area contributed by atoms with Gasteiger partial charge in [0.1, 0.15) is 17.5 Å². The van der Waals surface area contributed by atoms with Gasteiger partial charge < -0.3 is 20.8 Å². The van der Waals surface area contributed by atoms with Gasteiger partial charge in [-0.25, -0.2) is 9.69 Å². The van der Waals surface area contributed by atoms with E-state index < -0.39 is 12.1 Å². The van der Waals surface area contributed by atoms with E-state index in [0.29, 0.717) is 24.4 Å². The molecular weight excluding hydrogens is 428 g/mol. The number of amides is 3. The van der Waals surface area contributed by atoms with Crippen molar-refractivity contribution in [1.82, 2.24) is 10.3 Å². The third kappa shape index (κ3) is 3.41. The number of fused-ring (bicyclic) bond motifs is 3. The molecular formula is C27H24N4O3. The number of urea groups is 1. The highest BCUT2D eigenvalue weighted by atomic mass is 16.5. The second-order valence-electron chi connectivity index (χ2n) is 8.79. The maximum atomic E-state index is 13.2. The molecule has 3 aromatic carbocycles. The number of carbonyl (C=O) groups is 2. The molecule has 1 fully saturated rings. The van der Waals surface area contributed by atoms with Crippen LogP contribution in [0.15, 0.2) is 66.9 Å². The minimum atomic E-state index is -0.625. The Morgan fingerprint density at radius 1 is 1.00 bits per heavy atom. The van der Waals surface area contributed by atoms with Gasteiger partial charge in [0.25, 0.3) is 5.91 Å². The lowest BCUT2D eigenvalue weighted by molar-refractivity contribution is -0.118. The number of aromatic amines is 1. The largest absolute Gasteiger partial charge is 0.457 e. The molecule has 1 atom stereocenters. The van der Waals surface area contributed by atoms with Crippen LogP contribution < -0.4 is 20.7 Å². The Morgan fingerprint density at radius 3 is 2.74 bits per heavy atom. The number of anilines is 1. The Balaban J connectivity index is 1.24. The zero-order valence-corrected chi connectivity index (χ0v) is 18.5. The number of benzene rings is 3. The summed E-state index contributed by atoms with van der Waals surface area (Å²) in [5.74, 6) is 1.21. The molecule has 4 N–H and O–H groups in total. The van der Waals surface area contributed by atoms with E-state index in [2.05, 4.69) is 16.4 Å². The highest BCUT2D eigenvalue weighted by Crippen LogP contribution is 2.39. The normalized spacial score (nSPS) is 16.9. The number of nitrogens with zero attached hydrogens (tertiary/aromatic N) is 1. The molecule has 0 bridgehead atoms. The summed E-state index contributed by atoms with van der Waals surface area (Å²) in [6, 6.07) is 18.4. The Hall–Kier alpha value is -4.10. The molecule has 0 saturated carbocycles. The Labute approximate surface area is 196 Å². The van der Waals surface area contributed by atoms with Gasteiger partial charge in [-0.05, 0) is 59.5 Å². The SMILES string of the molecule is NCCc1c[nH]c2ccc(CC3NC(=O)N(c4ccc5c(c4)Oc4ccccc4C5)C3=O)cc12. The van der Waals surface area contributed by atoms with Crippen LogP contribution in [0.4, 0.5) is 10.5 Å². The molecule has 2 aliphatic heterocycles. The quantitative estimate of drug-likeness (QED) is 0.351. The summed E-state index contributed by atoms with van der Waals surface area (Å²) in [5.41, 5.74) is 11.6. The zero-order valence-electron chi connectivity index (χ0n) is 18.5. The number of nitrogens with one attached hydrogen (secondary N) is 2. The first-order chi connectivity index (χ1) is 16.6. The molecule has 1 aromatic heterocycles. The zero-order chi connectivity index (χ0) is 23.2. The van der Waals surface area contributed by atoms with Crippen molar-refractivity contribution in [2.24, 2.45) is 5.73 Å². The van der Waals surface area contributed by atoms with Crippen LogP contribution in [0.3, 0.4) is 0 Å². The van der Waals surface area contributed by atoms with Crippen molar-refractivity contribution < 1.29 is 14.3 Å². The highest BCUT2D eigenvalue weighted by molar-refractivity contribution is 6.21. The molecule has 34 heavy (non-hydrogen) atoms. The van der Waals surface area contributed by atoms with Gasteiger partial charge in [0.05, 0.1) is 5.69 Å². The van der Waals surface area contributed by atoms with E-state index in [1.54, 1.807) is 12.1 Å². The van der Waals surface area contributed by atoms with E-state index in [-0.39, 0.29) is 5.91 Å². The summed E-state index contributed by atoms with van der Waals surface area (Å²) < 4.78 is 6.05. The van der Waals surface area contributed by atoms with Gasteiger partial charge in [0, 0.05) is 36.0 Å². The summed E-state index contributed by atoms with van der Waals surface area (Å²) in [7, 11) is 0. The van der Waals surface area contributed by atoms with Crippen molar-refractivity contribution in [2.45, 2.75) is 25.3 Å². The highest BCUT2D eigenvalue weighted by Gasteiger charge is 2.39. The van der Waals surface area contributed by atoms with Crippen LogP contribution in [0.5, 0.6) is 11.5 Å². The third-order valence-electron chi connectivity index (χ3n) is 6.59. The van der Waals surface area contributed by atoms with E-state index >= 15 is 0 Å². The number of H-pyrrole nitrogens is 1. The molecule has 6 rings (SSSR count). The van der Waals surface area contributed by atoms with Crippen molar-refractivity contribution in [3.63, 3.8) is 0 Å². The lowest BCUT2D eigenvalue weighted by Crippen LogP contribution is -2.32. The summed E-state index contributed by atoms with van der Waals surface area (Å²) in [6.45, 7) is 0.569. The third-order valence-corrected chi connectivity index (χ3v) is 6.59. The molecule has 7 heteroatoms. The minimum absolute atomic E-state index is 0.266. The van der Waals surface area contributed by atoms with E-state index in [0.717, 1.165) is 51.7 Å². The number of imide groups is 1. The monoisotopic (exact) mass is 452 g/mol. The summed E-state index contributed by atoms with van der Waals surface area (Å²) >= 11 is 0. The molecule has 3 heterocycles. The van der Waals surface area contributed by atoms with Crippen LogP contribution in [-0.2, 0) is 24.1 Å². The number of rotatable bonds is 5. The van der Waals surface area contributed by atoms with Crippen LogP contribution >= 0.6 is 0 Å². The Bertz CT molecular complexity index is 1440.